The van der Waals surface area contributed by atoms with Crippen molar-refractivity contribution in [1.29, 1.82) is 0 Å². The van der Waals surface area contributed by atoms with E-state index in [0.29, 0.717) is 52.7 Å². The fourth-order valence-corrected chi connectivity index (χ4v) is 1.54. The van der Waals surface area contributed by atoms with E-state index < -0.39 is 0 Å². The van der Waals surface area contributed by atoms with Crippen LogP contribution in [0.4, 0.5) is 5.69 Å². The van der Waals surface area contributed by atoms with Gasteiger partial charge in [-0.3, -0.25) is 4.79 Å². The summed E-state index contributed by atoms with van der Waals surface area (Å²) in [6.45, 7) is 3.22. The maximum absolute atomic E-state index is 10.3. The van der Waals surface area contributed by atoms with E-state index in [2.05, 4.69) is 5.32 Å². The molecule has 0 saturated carbocycles. The smallest absolute Gasteiger partial charge is 0.211 e. The molecule has 124 valence electrons. The summed E-state index contributed by atoms with van der Waals surface area (Å²) in [5.41, 5.74) is 0.721. The van der Waals surface area contributed by atoms with Crippen LogP contribution in [0.2, 0.25) is 0 Å². The van der Waals surface area contributed by atoms with Gasteiger partial charge in [-0.05, 0) is 24.3 Å². The molecule has 0 aromatic heterocycles. The van der Waals surface area contributed by atoms with Gasteiger partial charge in [0.25, 0.3) is 0 Å². The number of amides is 1. The summed E-state index contributed by atoms with van der Waals surface area (Å²) in [5.74, 6) is 0.720. The van der Waals surface area contributed by atoms with Gasteiger partial charge in [-0.25, -0.2) is 0 Å². The van der Waals surface area contributed by atoms with Crippen LogP contribution in [0.3, 0.4) is 0 Å². The summed E-state index contributed by atoms with van der Waals surface area (Å²) in [6.07, 6.45) is 0.630. The van der Waals surface area contributed by atoms with E-state index in [1.165, 1.54) is 0 Å². The van der Waals surface area contributed by atoms with Crippen LogP contribution in [0.15, 0.2) is 24.3 Å². The number of anilines is 1. The highest BCUT2D eigenvalue weighted by atomic mass is 16.6. The van der Waals surface area contributed by atoms with Crippen LogP contribution < -0.4 is 10.1 Å². The van der Waals surface area contributed by atoms with Crippen molar-refractivity contribution in [1.82, 2.24) is 0 Å². The molecule has 7 heteroatoms. The minimum absolute atomic E-state index is 0.0272. The molecule has 0 saturated heterocycles. The standard InChI is InChI=1S/C15H23NO6/c17-5-6-19-7-8-20-9-10-21-11-12-22-15-3-1-14(2-4-15)16-13-18/h1-4,13,17H,5-12H2,(H,16,18). The highest BCUT2D eigenvalue weighted by Gasteiger charge is 1.96. The molecule has 1 aromatic carbocycles. The lowest BCUT2D eigenvalue weighted by atomic mass is 10.3. The van der Waals surface area contributed by atoms with Crippen LogP contribution in [-0.2, 0) is 19.0 Å². The first-order chi connectivity index (χ1) is 10.9. The summed E-state index contributed by atoms with van der Waals surface area (Å²) >= 11 is 0. The van der Waals surface area contributed by atoms with Crippen LogP contribution in [0, 0.1) is 0 Å². The van der Waals surface area contributed by atoms with E-state index in [-0.39, 0.29) is 6.61 Å². The number of rotatable bonds is 14. The maximum atomic E-state index is 10.3. The van der Waals surface area contributed by atoms with Crippen molar-refractivity contribution in [3.05, 3.63) is 24.3 Å². The second-order valence-corrected chi connectivity index (χ2v) is 4.20. The number of aliphatic hydroxyl groups excluding tert-OH is 1. The molecule has 0 heterocycles. The van der Waals surface area contributed by atoms with E-state index in [0.717, 1.165) is 11.4 Å². The number of benzene rings is 1. The second-order valence-electron chi connectivity index (χ2n) is 4.20. The Balaban J connectivity index is 1.91. The Morgan fingerprint density at radius 3 is 1.95 bits per heavy atom. The number of carbonyl (C=O) groups is 1. The molecule has 0 unspecified atom stereocenters. The normalized spacial score (nSPS) is 10.4. The van der Waals surface area contributed by atoms with Crippen molar-refractivity contribution in [2.45, 2.75) is 0 Å². The molecule has 0 radical (unpaired) electrons. The van der Waals surface area contributed by atoms with Crippen molar-refractivity contribution in [3.8, 4) is 5.75 Å². The fraction of sp³-hybridized carbons (Fsp3) is 0.533. The molecule has 1 amide bonds. The third kappa shape index (κ3) is 9.30. The first-order valence-corrected chi connectivity index (χ1v) is 7.14. The molecule has 0 bridgehead atoms. The number of hydrogen-bond donors (Lipinski definition) is 2. The molecule has 0 aliphatic rings. The lowest BCUT2D eigenvalue weighted by Gasteiger charge is -2.08. The largest absolute Gasteiger partial charge is 0.491 e. The third-order valence-electron chi connectivity index (χ3n) is 2.56. The Kier molecular flexibility index (Phi) is 10.9. The number of aliphatic hydroxyl groups is 1. The first-order valence-electron chi connectivity index (χ1n) is 7.14. The second kappa shape index (κ2) is 13.0. The molecular formula is C15H23NO6. The molecule has 0 spiro atoms. The van der Waals surface area contributed by atoms with Crippen molar-refractivity contribution in [2.75, 3.05) is 58.2 Å². The summed E-state index contributed by atoms with van der Waals surface area (Å²) in [4.78, 5) is 10.3. The van der Waals surface area contributed by atoms with Gasteiger partial charge in [0.1, 0.15) is 12.4 Å². The van der Waals surface area contributed by atoms with Gasteiger partial charge in [0, 0.05) is 5.69 Å². The van der Waals surface area contributed by atoms with E-state index in [9.17, 15) is 4.79 Å². The van der Waals surface area contributed by atoms with Gasteiger partial charge in [-0.2, -0.15) is 0 Å². The third-order valence-corrected chi connectivity index (χ3v) is 2.56. The Hall–Kier alpha value is -1.67. The summed E-state index contributed by atoms with van der Waals surface area (Å²) in [7, 11) is 0. The summed E-state index contributed by atoms with van der Waals surface area (Å²) < 4.78 is 21.2. The lowest BCUT2D eigenvalue weighted by Crippen LogP contribution is -2.13. The van der Waals surface area contributed by atoms with Gasteiger partial charge in [-0.1, -0.05) is 0 Å². The maximum Gasteiger partial charge on any atom is 0.211 e. The molecule has 7 nitrogen and oxygen atoms in total. The lowest BCUT2D eigenvalue weighted by molar-refractivity contribution is -0.105. The minimum atomic E-state index is 0.0272. The van der Waals surface area contributed by atoms with Crippen LogP contribution >= 0.6 is 0 Å². The molecule has 1 rings (SSSR count). The number of carbonyl (C=O) groups excluding carboxylic acids is 1. The fourth-order valence-electron chi connectivity index (χ4n) is 1.54. The van der Waals surface area contributed by atoms with E-state index in [1.54, 1.807) is 24.3 Å². The first kappa shape index (κ1) is 18.4. The van der Waals surface area contributed by atoms with Crippen LogP contribution in [-0.4, -0.2) is 64.4 Å². The van der Waals surface area contributed by atoms with Crippen LogP contribution in [0.1, 0.15) is 0 Å². The van der Waals surface area contributed by atoms with Gasteiger partial charge in [0.2, 0.25) is 6.41 Å². The van der Waals surface area contributed by atoms with Gasteiger partial charge in [-0.15, -0.1) is 0 Å². The molecule has 22 heavy (non-hydrogen) atoms. The average molecular weight is 313 g/mol. The van der Waals surface area contributed by atoms with Gasteiger partial charge < -0.3 is 29.4 Å². The molecule has 1 aromatic rings. The predicted molar refractivity (Wildman–Crippen MR) is 81.2 cm³/mol. The zero-order chi connectivity index (χ0) is 15.9. The molecule has 2 N–H and O–H groups in total. The highest BCUT2D eigenvalue weighted by molar-refractivity contribution is 5.71. The van der Waals surface area contributed by atoms with Crippen molar-refractivity contribution < 1.29 is 28.8 Å². The molecular weight excluding hydrogens is 290 g/mol. The topological polar surface area (TPSA) is 86.3 Å². The van der Waals surface area contributed by atoms with Gasteiger partial charge >= 0.3 is 0 Å². The SMILES string of the molecule is O=CNc1ccc(OCCOCCOCCOCCO)cc1. The van der Waals surface area contributed by atoms with Gasteiger partial charge in [0.15, 0.2) is 0 Å². The Morgan fingerprint density at radius 2 is 1.41 bits per heavy atom. The minimum Gasteiger partial charge on any atom is -0.491 e. The molecule has 0 aliphatic heterocycles. The number of nitrogens with one attached hydrogen (secondary N) is 1. The summed E-state index contributed by atoms with van der Waals surface area (Å²) in [5, 5.41) is 11.0. The van der Waals surface area contributed by atoms with E-state index >= 15 is 0 Å². The monoisotopic (exact) mass is 313 g/mol. The van der Waals surface area contributed by atoms with E-state index in [4.69, 9.17) is 24.1 Å². The predicted octanol–water partition coefficient (Wildman–Crippen LogP) is 0.676. The van der Waals surface area contributed by atoms with Crippen molar-refractivity contribution >= 4 is 12.1 Å². The average Bonchev–Trinajstić information content (AvgIpc) is 2.54. The molecule has 0 aliphatic carbocycles. The Labute approximate surface area is 130 Å². The van der Waals surface area contributed by atoms with E-state index in [1.807, 2.05) is 0 Å². The number of hydrogen-bond acceptors (Lipinski definition) is 6. The zero-order valence-electron chi connectivity index (χ0n) is 12.5. The van der Waals surface area contributed by atoms with Crippen molar-refractivity contribution in [2.24, 2.45) is 0 Å². The van der Waals surface area contributed by atoms with Gasteiger partial charge in [0.05, 0.1) is 46.2 Å². The zero-order valence-corrected chi connectivity index (χ0v) is 12.5. The van der Waals surface area contributed by atoms with Crippen molar-refractivity contribution in [3.63, 3.8) is 0 Å². The molecule has 0 fully saturated rings. The summed E-state index contributed by atoms with van der Waals surface area (Å²) in [6, 6.07) is 7.08. The van der Waals surface area contributed by atoms with Crippen LogP contribution in [0.5, 0.6) is 5.75 Å². The highest BCUT2D eigenvalue weighted by Crippen LogP contribution is 2.14. The molecule has 0 atom stereocenters. The van der Waals surface area contributed by atoms with Crippen LogP contribution in [0.25, 0.3) is 0 Å². The Morgan fingerprint density at radius 1 is 0.864 bits per heavy atom. The Bertz CT molecular complexity index is 384. The quantitative estimate of drug-likeness (QED) is 0.388. The number of ether oxygens (including phenoxy) is 4.